The van der Waals surface area contributed by atoms with Gasteiger partial charge in [0.25, 0.3) is 5.91 Å². The quantitative estimate of drug-likeness (QED) is 0.649. The number of benzene rings is 2. The number of carbonyl (C=O) groups excluding carboxylic acids is 1. The molecular formula is C23H25FN4O2. The van der Waals surface area contributed by atoms with Crippen LogP contribution in [0, 0.1) is 12.7 Å². The molecule has 2 heterocycles. The third-order valence-corrected chi connectivity index (χ3v) is 5.32. The number of para-hydroxylation sites is 1. The standard InChI is InChI=1S/C23H25FN4O2/c1-17-21(16-28(25-17)20-9-7-19(24)8-10-20)23(29)26(2)15-18-5-3-4-6-22(18)27-11-13-30-14-12-27/h3-10,16H,11-15H2,1-2H3. The Labute approximate surface area is 175 Å². The van der Waals surface area contributed by atoms with Crippen molar-refractivity contribution in [3.8, 4) is 5.69 Å². The van der Waals surface area contributed by atoms with Crippen LogP contribution in [0.2, 0.25) is 0 Å². The molecular weight excluding hydrogens is 383 g/mol. The van der Waals surface area contributed by atoms with E-state index in [9.17, 15) is 9.18 Å². The highest BCUT2D eigenvalue weighted by molar-refractivity contribution is 5.95. The highest BCUT2D eigenvalue weighted by Gasteiger charge is 2.21. The van der Waals surface area contributed by atoms with Gasteiger partial charge in [-0.25, -0.2) is 9.07 Å². The molecule has 1 aliphatic rings. The first-order valence-electron chi connectivity index (χ1n) is 10.0. The molecule has 0 saturated carbocycles. The molecule has 0 aliphatic carbocycles. The van der Waals surface area contributed by atoms with Crippen LogP contribution in [0.25, 0.3) is 5.69 Å². The summed E-state index contributed by atoms with van der Waals surface area (Å²) >= 11 is 0. The van der Waals surface area contributed by atoms with Gasteiger partial charge in [0.05, 0.1) is 30.2 Å². The lowest BCUT2D eigenvalue weighted by molar-refractivity contribution is 0.0784. The van der Waals surface area contributed by atoms with Crippen LogP contribution in [-0.4, -0.2) is 53.9 Å². The predicted molar refractivity (Wildman–Crippen MR) is 114 cm³/mol. The molecule has 0 spiro atoms. The number of amides is 1. The van der Waals surface area contributed by atoms with E-state index in [2.05, 4.69) is 22.1 Å². The minimum Gasteiger partial charge on any atom is -0.378 e. The number of halogens is 1. The molecule has 0 atom stereocenters. The molecule has 1 fully saturated rings. The number of aryl methyl sites for hydroxylation is 1. The van der Waals surface area contributed by atoms with E-state index in [4.69, 9.17) is 4.74 Å². The van der Waals surface area contributed by atoms with Gasteiger partial charge in [-0.3, -0.25) is 4.79 Å². The Morgan fingerprint density at radius 3 is 2.57 bits per heavy atom. The van der Waals surface area contributed by atoms with Crippen molar-refractivity contribution in [3.63, 3.8) is 0 Å². The van der Waals surface area contributed by atoms with Crippen molar-refractivity contribution >= 4 is 11.6 Å². The summed E-state index contributed by atoms with van der Waals surface area (Å²) in [6, 6.07) is 14.2. The zero-order valence-electron chi connectivity index (χ0n) is 17.2. The van der Waals surface area contributed by atoms with Crippen molar-refractivity contribution in [2.45, 2.75) is 13.5 Å². The second-order valence-electron chi connectivity index (χ2n) is 7.44. The van der Waals surface area contributed by atoms with E-state index in [1.807, 2.05) is 19.1 Å². The molecule has 0 bridgehead atoms. The molecule has 0 N–H and O–H groups in total. The number of ether oxygens (including phenoxy) is 1. The van der Waals surface area contributed by atoms with Crippen molar-refractivity contribution in [3.05, 3.63) is 77.4 Å². The first-order chi connectivity index (χ1) is 14.5. The summed E-state index contributed by atoms with van der Waals surface area (Å²) in [5, 5.41) is 4.44. The molecule has 1 aromatic heterocycles. The van der Waals surface area contributed by atoms with Crippen LogP contribution >= 0.6 is 0 Å². The Hall–Kier alpha value is -3.19. The topological polar surface area (TPSA) is 50.6 Å². The van der Waals surface area contributed by atoms with E-state index in [1.54, 1.807) is 35.0 Å². The SMILES string of the molecule is Cc1nn(-c2ccc(F)cc2)cc1C(=O)N(C)Cc1ccccc1N1CCOCC1. The van der Waals surface area contributed by atoms with Crippen molar-refractivity contribution in [1.82, 2.24) is 14.7 Å². The van der Waals surface area contributed by atoms with Crippen molar-refractivity contribution in [1.29, 1.82) is 0 Å². The molecule has 0 unspecified atom stereocenters. The number of hydrogen-bond acceptors (Lipinski definition) is 4. The molecule has 6 nitrogen and oxygen atoms in total. The monoisotopic (exact) mass is 408 g/mol. The van der Waals surface area contributed by atoms with Crippen LogP contribution in [-0.2, 0) is 11.3 Å². The maximum atomic E-state index is 13.2. The van der Waals surface area contributed by atoms with E-state index in [1.165, 1.54) is 12.1 Å². The number of carbonyl (C=O) groups is 1. The molecule has 1 saturated heterocycles. The summed E-state index contributed by atoms with van der Waals surface area (Å²) in [5.74, 6) is -0.407. The smallest absolute Gasteiger partial charge is 0.257 e. The fourth-order valence-corrected chi connectivity index (χ4v) is 3.69. The highest BCUT2D eigenvalue weighted by Crippen LogP contribution is 2.23. The van der Waals surface area contributed by atoms with Crippen molar-refractivity contribution in [2.75, 3.05) is 38.3 Å². The second kappa shape index (κ2) is 8.67. The van der Waals surface area contributed by atoms with E-state index in [-0.39, 0.29) is 11.7 Å². The van der Waals surface area contributed by atoms with Crippen LogP contribution in [0.4, 0.5) is 10.1 Å². The van der Waals surface area contributed by atoms with Gasteiger partial charge in [-0.05, 0) is 42.8 Å². The normalized spacial score (nSPS) is 14.0. The molecule has 30 heavy (non-hydrogen) atoms. The summed E-state index contributed by atoms with van der Waals surface area (Å²) in [4.78, 5) is 17.1. The van der Waals surface area contributed by atoms with Gasteiger partial charge < -0.3 is 14.5 Å². The number of anilines is 1. The minimum absolute atomic E-state index is 0.0994. The van der Waals surface area contributed by atoms with Crippen LogP contribution in [0.1, 0.15) is 21.6 Å². The van der Waals surface area contributed by atoms with Gasteiger partial charge in [-0.1, -0.05) is 18.2 Å². The molecule has 2 aromatic carbocycles. The Bertz CT molecular complexity index is 1030. The van der Waals surface area contributed by atoms with Crippen LogP contribution in [0.15, 0.2) is 54.7 Å². The fraction of sp³-hybridized carbons (Fsp3) is 0.304. The number of morpholine rings is 1. The van der Waals surface area contributed by atoms with Gasteiger partial charge in [0.15, 0.2) is 0 Å². The fourth-order valence-electron chi connectivity index (χ4n) is 3.69. The lowest BCUT2D eigenvalue weighted by Gasteiger charge is -2.31. The molecule has 4 rings (SSSR count). The van der Waals surface area contributed by atoms with Crippen LogP contribution < -0.4 is 4.90 Å². The average molecular weight is 408 g/mol. The average Bonchev–Trinajstić information content (AvgIpc) is 3.16. The van der Waals surface area contributed by atoms with Crippen molar-refractivity contribution < 1.29 is 13.9 Å². The van der Waals surface area contributed by atoms with E-state index >= 15 is 0 Å². The zero-order valence-corrected chi connectivity index (χ0v) is 17.2. The first kappa shape index (κ1) is 20.1. The Balaban J connectivity index is 1.53. The minimum atomic E-state index is -0.308. The number of rotatable bonds is 5. The molecule has 3 aromatic rings. The first-order valence-corrected chi connectivity index (χ1v) is 10.0. The summed E-state index contributed by atoms with van der Waals surface area (Å²) in [5.41, 5.74) is 4.11. The predicted octanol–water partition coefficient (Wildman–Crippen LogP) is 3.43. The van der Waals surface area contributed by atoms with Crippen LogP contribution in [0.5, 0.6) is 0 Å². The van der Waals surface area contributed by atoms with Gasteiger partial charge in [0.1, 0.15) is 5.82 Å². The zero-order chi connectivity index (χ0) is 21.1. The lowest BCUT2D eigenvalue weighted by atomic mass is 10.1. The summed E-state index contributed by atoms with van der Waals surface area (Å²) in [6.07, 6.45) is 1.70. The number of hydrogen-bond donors (Lipinski definition) is 0. The molecule has 7 heteroatoms. The van der Waals surface area contributed by atoms with E-state index < -0.39 is 0 Å². The van der Waals surface area contributed by atoms with Crippen LogP contribution in [0.3, 0.4) is 0 Å². The van der Waals surface area contributed by atoms with Gasteiger partial charge in [0, 0.05) is 38.6 Å². The Kier molecular flexibility index (Phi) is 5.81. The summed E-state index contributed by atoms with van der Waals surface area (Å²) < 4.78 is 20.3. The molecule has 156 valence electrons. The molecule has 1 aliphatic heterocycles. The molecule has 0 radical (unpaired) electrons. The van der Waals surface area contributed by atoms with Gasteiger partial charge in [-0.2, -0.15) is 5.10 Å². The maximum absolute atomic E-state index is 13.2. The van der Waals surface area contributed by atoms with Gasteiger partial charge in [0.2, 0.25) is 0 Å². The second-order valence-corrected chi connectivity index (χ2v) is 7.44. The molecule has 1 amide bonds. The number of aromatic nitrogens is 2. The van der Waals surface area contributed by atoms with Crippen molar-refractivity contribution in [2.24, 2.45) is 0 Å². The van der Waals surface area contributed by atoms with E-state index in [0.717, 1.165) is 24.3 Å². The highest BCUT2D eigenvalue weighted by atomic mass is 19.1. The number of nitrogens with zero attached hydrogens (tertiary/aromatic N) is 4. The third-order valence-electron chi connectivity index (χ3n) is 5.32. The Morgan fingerprint density at radius 2 is 1.83 bits per heavy atom. The van der Waals surface area contributed by atoms with Gasteiger partial charge >= 0.3 is 0 Å². The largest absolute Gasteiger partial charge is 0.378 e. The van der Waals surface area contributed by atoms with Gasteiger partial charge in [-0.15, -0.1) is 0 Å². The van der Waals surface area contributed by atoms with E-state index in [0.29, 0.717) is 36.7 Å². The summed E-state index contributed by atoms with van der Waals surface area (Å²) in [7, 11) is 1.80. The maximum Gasteiger partial charge on any atom is 0.257 e. The Morgan fingerprint density at radius 1 is 1.13 bits per heavy atom. The summed E-state index contributed by atoms with van der Waals surface area (Å²) in [6.45, 7) is 5.42. The third kappa shape index (κ3) is 4.21. The lowest BCUT2D eigenvalue weighted by Crippen LogP contribution is -2.37.